The summed E-state index contributed by atoms with van der Waals surface area (Å²) in [5.41, 5.74) is 0. The second-order valence-corrected chi connectivity index (χ2v) is 6.22. The Labute approximate surface area is 98.0 Å². The smallest absolute Gasteiger partial charge is 0.0415 e. The number of rotatable bonds is 4. The van der Waals surface area contributed by atoms with Gasteiger partial charge in [0.2, 0.25) is 0 Å². The highest BCUT2D eigenvalue weighted by Crippen LogP contribution is 2.40. The van der Waals surface area contributed by atoms with Crippen LogP contribution in [0.5, 0.6) is 0 Å². The van der Waals surface area contributed by atoms with Gasteiger partial charge in [0.15, 0.2) is 0 Å². The van der Waals surface area contributed by atoms with Gasteiger partial charge in [-0.05, 0) is 48.3 Å². The van der Waals surface area contributed by atoms with Gasteiger partial charge in [-0.25, -0.2) is 0 Å². The van der Waals surface area contributed by atoms with Crippen molar-refractivity contribution < 1.29 is 0 Å². The second kappa shape index (κ2) is 4.33. The molecule has 1 aromatic heterocycles. The summed E-state index contributed by atoms with van der Waals surface area (Å²) >= 11 is 5.49. The van der Waals surface area contributed by atoms with Gasteiger partial charge < -0.3 is 5.32 Å². The molecule has 0 saturated heterocycles. The number of halogens is 1. The maximum atomic E-state index is 3.58. The average molecular weight is 274 g/mol. The minimum absolute atomic E-state index is 0.567. The molecule has 0 bridgehead atoms. The van der Waals surface area contributed by atoms with Crippen molar-refractivity contribution in [2.45, 2.75) is 32.2 Å². The molecule has 1 unspecified atom stereocenters. The molecular weight excluding hydrogens is 258 g/mol. The summed E-state index contributed by atoms with van der Waals surface area (Å²) in [4.78, 5) is 2.86. The minimum atomic E-state index is 0.567. The molecule has 1 aromatic rings. The lowest BCUT2D eigenvalue weighted by Crippen LogP contribution is -2.15. The number of aryl methyl sites for hydroxylation is 1. The van der Waals surface area contributed by atoms with Gasteiger partial charge in [0.25, 0.3) is 0 Å². The maximum Gasteiger partial charge on any atom is 0.0415 e. The van der Waals surface area contributed by atoms with Gasteiger partial charge in [0.1, 0.15) is 0 Å². The molecular formula is C11H16BrNS. The molecule has 0 aliphatic heterocycles. The lowest BCUT2D eigenvalue weighted by Gasteiger charge is -2.13. The van der Waals surface area contributed by atoms with Crippen molar-refractivity contribution in [2.24, 2.45) is 5.92 Å². The van der Waals surface area contributed by atoms with Gasteiger partial charge in [-0.15, -0.1) is 11.3 Å². The number of thiophene rings is 1. The van der Waals surface area contributed by atoms with Crippen molar-refractivity contribution in [1.82, 2.24) is 5.32 Å². The molecule has 1 nitrogen and oxygen atoms in total. The normalized spacial score (nSPS) is 18.5. The summed E-state index contributed by atoms with van der Waals surface area (Å²) in [5, 5.41) is 3.42. The van der Waals surface area contributed by atoms with E-state index in [0.717, 1.165) is 5.92 Å². The quantitative estimate of drug-likeness (QED) is 0.878. The van der Waals surface area contributed by atoms with Crippen molar-refractivity contribution in [2.75, 3.05) is 7.05 Å². The molecule has 1 aliphatic carbocycles. The summed E-state index contributed by atoms with van der Waals surface area (Å²) in [6.45, 7) is 2.17. The van der Waals surface area contributed by atoms with Gasteiger partial charge in [0, 0.05) is 20.3 Å². The maximum absolute atomic E-state index is 3.58. The fourth-order valence-electron chi connectivity index (χ4n) is 1.72. The van der Waals surface area contributed by atoms with Crippen LogP contribution in [0.2, 0.25) is 0 Å². The largest absolute Gasteiger partial charge is 0.312 e. The van der Waals surface area contributed by atoms with Crippen LogP contribution in [0.1, 0.15) is 35.1 Å². The number of hydrogen-bond acceptors (Lipinski definition) is 2. The van der Waals surface area contributed by atoms with E-state index in [4.69, 9.17) is 0 Å². The Hall–Kier alpha value is 0.140. The molecule has 3 heteroatoms. The Morgan fingerprint density at radius 1 is 1.64 bits per heavy atom. The van der Waals surface area contributed by atoms with Crippen molar-refractivity contribution in [3.05, 3.63) is 20.3 Å². The third-order valence-electron chi connectivity index (χ3n) is 2.83. The third kappa shape index (κ3) is 2.38. The van der Waals surface area contributed by atoms with Gasteiger partial charge in [-0.3, -0.25) is 0 Å². The first-order valence-electron chi connectivity index (χ1n) is 5.13. The molecule has 1 heterocycles. The minimum Gasteiger partial charge on any atom is -0.312 e. The van der Waals surface area contributed by atoms with E-state index >= 15 is 0 Å². The van der Waals surface area contributed by atoms with Crippen molar-refractivity contribution >= 4 is 27.3 Å². The molecule has 14 heavy (non-hydrogen) atoms. The Kier molecular flexibility index (Phi) is 3.30. The highest BCUT2D eigenvalue weighted by Gasteiger charge is 2.26. The van der Waals surface area contributed by atoms with Crippen LogP contribution in [0.25, 0.3) is 0 Å². The summed E-state index contributed by atoms with van der Waals surface area (Å²) in [5.74, 6) is 0.980. The topological polar surface area (TPSA) is 12.0 Å². The standard InChI is InChI=1S/C11H16BrNS/c1-7-9(12)6-11(14-7)10(13-2)5-8-3-4-8/h6,8,10,13H,3-5H2,1-2H3. The van der Waals surface area contributed by atoms with Crippen LogP contribution in [0.15, 0.2) is 10.5 Å². The van der Waals surface area contributed by atoms with Gasteiger partial charge in [-0.2, -0.15) is 0 Å². The SMILES string of the molecule is CNC(CC1CC1)c1cc(Br)c(C)s1. The summed E-state index contributed by atoms with van der Waals surface area (Å²) in [6, 6.07) is 2.83. The Morgan fingerprint density at radius 2 is 2.36 bits per heavy atom. The Balaban J connectivity index is 2.08. The van der Waals surface area contributed by atoms with E-state index < -0.39 is 0 Å². The van der Waals surface area contributed by atoms with Gasteiger partial charge in [0.05, 0.1) is 0 Å². The van der Waals surface area contributed by atoms with Crippen molar-refractivity contribution in [1.29, 1.82) is 0 Å². The van der Waals surface area contributed by atoms with Crippen LogP contribution >= 0.6 is 27.3 Å². The van der Waals surface area contributed by atoms with E-state index in [2.05, 4.69) is 41.3 Å². The van der Waals surface area contributed by atoms with Crippen LogP contribution in [0.3, 0.4) is 0 Å². The van der Waals surface area contributed by atoms with E-state index in [0.29, 0.717) is 6.04 Å². The first-order valence-corrected chi connectivity index (χ1v) is 6.74. The zero-order valence-electron chi connectivity index (χ0n) is 8.64. The predicted molar refractivity (Wildman–Crippen MR) is 65.9 cm³/mol. The summed E-state index contributed by atoms with van der Waals surface area (Å²) in [7, 11) is 2.07. The van der Waals surface area contributed by atoms with Crippen LogP contribution in [0, 0.1) is 12.8 Å². The molecule has 0 radical (unpaired) electrons. The van der Waals surface area contributed by atoms with Crippen LogP contribution in [0.4, 0.5) is 0 Å². The molecule has 1 fully saturated rings. The first kappa shape index (κ1) is 10.7. The fourth-order valence-corrected chi connectivity index (χ4v) is 3.40. The fraction of sp³-hybridized carbons (Fsp3) is 0.636. The van der Waals surface area contributed by atoms with Gasteiger partial charge in [-0.1, -0.05) is 12.8 Å². The third-order valence-corrected chi connectivity index (χ3v) is 5.08. The Morgan fingerprint density at radius 3 is 2.79 bits per heavy atom. The van der Waals surface area contributed by atoms with Crippen LogP contribution in [-0.2, 0) is 0 Å². The van der Waals surface area contributed by atoms with Gasteiger partial charge >= 0.3 is 0 Å². The first-order chi connectivity index (χ1) is 6.70. The molecule has 1 atom stereocenters. The van der Waals surface area contributed by atoms with E-state index in [1.807, 2.05) is 11.3 Å². The number of hydrogen-bond donors (Lipinski definition) is 1. The van der Waals surface area contributed by atoms with Crippen LogP contribution in [-0.4, -0.2) is 7.05 Å². The molecule has 78 valence electrons. The molecule has 0 aromatic carbocycles. The molecule has 2 rings (SSSR count). The molecule has 1 saturated carbocycles. The zero-order chi connectivity index (χ0) is 10.1. The summed E-state index contributed by atoms with van der Waals surface area (Å²) in [6.07, 6.45) is 4.18. The van der Waals surface area contributed by atoms with Crippen LogP contribution < -0.4 is 5.32 Å². The average Bonchev–Trinajstić information content (AvgIpc) is 2.91. The lowest BCUT2D eigenvalue weighted by atomic mass is 10.1. The molecule has 1 aliphatic rings. The lowest BCUT2D eigenvalue weighted by molar-refractivity contribution is 0.522. The van der Waals surface area contributed by atoms with Crippen molar-refractivity contribution in [3.63, 3.8) is 0 Å². The van der Waals surface area contributed by atoms with E-state index in [1.165, 1.54) is 33.5 Å². The predicted octanol–water partition coefficient (Wildman–Crippen LogP) is 3.88. The highest BCUT2D eigenvalue weighted by atomic mass is 79.9. The second-order valence-electron chi connectivity index (χ2n) is 4.07. The monoisotopic (exact) mass is 273 g/mol. The zero-order valence-corrected chi connectivity index (χ0v) is 11.0. The Bertz CT molecular complexity index is 298. The summed E-state index contributed by atoms with van der Waals surface area (Å²) < 4.78 is 1.26. The molecule has 0 amide bonds. The van der Waals surface area contributed by atoms with Crippen molar-refractivity contribution in [3.8, 4) is 0 Å². The number of nitrogens with one attached hydrogen (secondary N) is 1. The molecule has 1 N–H and O–H groups in total. The van der Waals surface area contributed by atoms with E-state index in [1.54, 1.807) is 0 Å². The highest BCUT2D eigenvalue weighted by molar-refractivity contribution is 9.10. The van der Waals surface area contributed by atoms with E-state index in [9.17, 15) is 0 Å². The van der Waals surface area contributed by atoms with E-state index in [-0.39, 0.29) is 0 Å². The molecule has 0 spiro atoms.